The number of rotatable bonds is 6. The topological polar surface area (TPSA) is 70.9 Å². The summed E-state index contributed by atoms with van der Waals surface area (Å²) < 4.78 is 5.80. The van der Waals surface area contributed by atoms with Crippen molar-refractivity contribution in [2.24, 2.45) is 5.10 Å². The van der Waals surface area contributed by atoms with E-state index in [0.717, 1.165) is 21.9 Å². The van der Waals surface area contributed by atoms with Crippen molar-refractivity contribution in [2.75, 3.05) is 0 Å². The molecule has 5 heteroatoms. The van der Waals surface area contributed by atoms with Crippen LogP contribution < -0.4 is 10.2 Å². The Bertz CT molecular complexity index is 1200. The van der Waals surface area contributed by atoms with E-state index >= 15 is 0 Å². The van der Waals surface area contributed by atoms with Crippen LogP contribution in [0.4, 0.5) is 0 Å². The van der Waals surface area contributed by atoms with E-state index in [-0.39, 0.29) is 11.3 Å². The van der Waals surface area contributed by atoms with Gasteiger partial charge in [0.25, 0.3) is 5.91 Å². The van der Waals surface area contributed by atoms with E-state index in [4.69, 9.17) is 4.74 Å². The van der Waals surface area contributed by atoms with E-state index in [1.54, 1.807) is 12.1 Å². The Hall–Kier alpha value is -4.12. The van der Waals surface area contributed by atoms with E-state index in [1.165, 1.54) is 6.21 Å². The Kier molecular flexibility index (Phi) is 5.71. The summed E-state index contributed by atoms with van der Waals surface area (Å²) in [4.78, 5) is 12.4. The minimum absolute atomic E-state index is 0.0855. The van der Waals surface area contributed by atoms with Gasteiger partial charge in [-0.25, -0.2) is 5.43 Å². The average molecular weight is 396 g/mol. The van der Waals surface area contributed by atoms with Crippen LogP contribution in [0.1, 0.15) is 21.5 Å². The first kappa shape index (κ1) is 19.2. The number of amides is 1. The quantitative estimate of drug-likeness (QED) is 0.360. The highest BCUT2D eigenvalue weighted by Crippen LogP contribution is 2.24. The highest BCUT2D eigenvalue weighted by molar-refractivity contribution is 6.01. The van der Waals surface area contributed by atoms with Gasteiger partial charge < -0.3 is 9.84 Å². The van der Waals surface area contributed by atoms with Gasteiger partial charge in [-0.3, -0.25) is 4.79 Å². The van der Waals surface area contributed by atoms with Gasteiger partial charge >= 0.3 is 0 Å². The molecule has 0 spiro atoms. The Morgan fingerprint density at radius 3 is 2.43 bits per heavy atom. The third-order valence-electron chi connectivity index (χ3n) is 4.59. The van der Waals surface area contributed by atoms with Crippen LogP contribution in [0, 0.1) is 0 Å². The molecule has 0 saturated heterocycles. The summed E-state index contributed by atoms with van der Waals surface area (Å²) in [5.41, 5.74) is 4.50. The summed E-state index contributed by atoms with van der Waals surface area (Å²) in [6, 6.07) is 28.1. The van der Waals surface area contributed by atoms with Gasteiger partial charge in [-0.15, -0.1) is 0 Å². The number of phenolic OH excluding ortho intramolecular Hbond substituents is 1. The van der Waals surface area contributed by atoms with Crippen LogP contribution in [0.3, 0.4) is 0 Å². The molecular weight excluding hydrogens is 376 g/mol. The Morgan fingerprint density at radius 1 is 0.900 bits per heavy atom. The zero-order valence-corrected chi connectivity index (χ0v) is 16.2. The minimum atomic E-state index is -0.481. The van der Waals surface area contributed by atoms with Gasteiger partial charge in [-0.05, 0) is 46.2 Å². The molecule has 0 unspecified atom stereocenters. The molecule has 0 heterocycles. The molecule has 0 saturated carbocycles. The molecule has 0 bridgehead atoms. The van der Waals surface area contributed by atoms with Crippen LogP contribution in [0.5, 0.6) is 11.5 Å². The fourth-order valence-electron chi connectivity index (χ4n) is 3.06. The highest BCUT2D eigenvalue weighted by Gasteiger charge is 2.11. The van der Waals surface area contributed by atoms with E-state index in [9.17, 15) is 9.90 Å². The number of benzene rings is 4. The SMILES string of the molecule is O=C(NN=Cc1cccc(OCc2ccccc2)c1)c1cc2ccccc2cc1O. The first-order valence-electron chi connectivity index (χ1n) is 9.51. The van der Waals surface area contributed by atoms with Gasteiger partial charge in [-0.1, -0.05) is 66.7 Å². The van der Waals surface area contributed by atoms with Crippen molar-refractivity contribution in [1.29, 1.82) is 0 Å². The lowest BCUT2D eigenvalue weighted by molar-refractivity contribution is 0.0952. The third-order valence-corrected chi connectivity index (χ3v) is 4.59. The van der Waals surface area contributed by atoms with Gasteiger partial charge in [-0.2, -0.15) is 5.10 Å². The standard InChI is InChI=1S/C25H20N2O3/c28-24-15-21-11-5-4-10-20(21)14-23(24)25(29)27-26-16-19-9-6-12-22(13-19)30-17-18-7-2-1-3-8-18/h1-16,28H,17H2,(H,27,29). The van der Waals surface area contributed by atoms with Crippen LogP contribution in [-0.4, -0.2) is 17.2 Å². The van der Waals surface area contributed by atoms with Gasteiger partial charge in [0, 0.05) is 0 Å². The summed E-state index contributed by atoms with van der Waals surface area (Å²) >= 11 is 0. The first-order valence-corrected chi connectivity index (χ1v) is 9.51. The number of phenols is 1. The van der Waals surface area contributed by atoms with Gasteiger partial charge in [0.1, 0.15) is 18.1 Å². The molecule has 0 radical (unpaired) electrons. The molecule has 0 aromatic heterocycles. The molecule has 0 aliphatic rings. The van der Waals surface area contributed by atoms with Gasteiger partial charge in [0.05, 0.1) is 11.8 Å². The Morgan fingerprint density at radius 2 is 1.63 bits per heavy atom. The van der Waals surface area contributed by atoms with Crippen molar-refractivity contribution in [3.05, 3.63) is 108 Å². The molecule has 4 rings (SSSR count). The summed E-state index contributed by atoms with van der Waals surface area (Å²) in [5, 5.41) is 15.9. The zero-order chi connectivity index (χ0) is 20.8. The lowest BCUT2D eigenvalue weighted by atomic mass is 10.1. The maximum absolute atomic E-state index is 12.4. The smallest absolute Gasteiger partial charge is 0.275 e. The zero-order valence-electron chi connectivity index (χ0n) is 16.2. The normalized spacial score (nSPS) is 10.9. The summed E-state index contributed by atoms with van der Waals surface area (Å²) in [7, 11) is 0. The van der Waals surface area contributed by atoms with Gasteiger partial charge in [0.2, 0.25) is 0 Å². The molecular formula is C25H20N2O3. The number of hydrazone groups is 1. The van der Waals surface area contributed by atoms with Crippen molar-refractivity contribution >= 4 is 22.9 Å². The monoisotopic (exact) mass is 396 g/mol. The van der Waals surface area contributed by atoms with Gasteiger partial charge in [0.15, 0.2) is 0 Å². The number of fused-ring (bicyclic) bond motifs is 1. The molecule has 2 N–H and O–H groups in total. The molecule has 5 nitrogen and oxygen atoms in total. The average Bonchev–Trinajstić information content (AvgIpc) is 2.78. The van der Waals surface area contributed by atoms with Crippen molar-refractivity contribution < 1.29 is 14.6 Å². The van der Waals surface area contributed by atoms with Crippen LogP contribution in [0.25, 0.3) is 10.8 Å². The number of ether oxygens (including phenoxy) is 1. The molecule has 30 heavy (non-hydrogen) atoms. The second kappa shape index (κ2) is 8.92. The maximum atomic E-state index is 12.4. The molecule has 0 aliphatic carbocycles. The number of nitrogens with zero attached hydrogens (tertiary/aromatic N) is 1. The molecule has 0 aliphatic heterocycles. The summed E-state index contributed by atoms with van der Waals surface area (Å²) in [6.07, 6.45) is 1.53. The molecule has 1 amide bonds. The second-order valence-corrected chi connectivity index (χ2v) is 6.76. The molecule has 4 aromatic rings. The van der Waals surface area contributed by atoms with E-state index in [1.807, 2.05) is 78.9 Å². The second-order valence-electron chi connectivity index (χ2n) is 6.76. The predicted molar refractivity (Wildman–Crippen MR) is 118 cm³/mol. The highest BCUT2D eigenvalue weighted by atomic mass is 16.5. The fraction of sp³-hybridized carbons (Fsp3) is 0.0400. The maximum Gasteiger partial charge on any atom is 0.275 e. The largest absolute Gasteiger partial charge is 0.507 e. The number of nitrogens with one attached hydrogen (secondary N) is 1. The van der Waals surface area contributed by atoms with Crippen molar-refractivity contribution in [1.82, 2.24) is 5.43 Å². The van der Waals surface area contributed by atoms with Crippen LogP contribution in [-0.2, 0) is 6.61 Å². The summed E-state index contributed by atoms with van der Waals surface area (Å²) in [6.45, 7) is 0.472. The Balaban J connectivity index is 1.40. The van der Waals surface area contributed by atoms with Crippen LogP contribution >= 0.6 is 0 Å². The number of carbonyl (C=O) groups excluding carboxylic acids is 1. The lowest BCUT2D eigenvalue weighted by Crippen LogP contribution is -2.17. The van der Waals surface area contributed by atoms with Crippen molar-refractivity contribution in [2.45, 2.75) is 6.61 Å². The number of carbonyl (C=O) groups is 1. The Labute approximate surface area is 174 Å². The van der Waals surface area contributed by atoms with E-state index in [2.05, 4.69) is 10.5 Å². The molecule has 4 aromatic carbocycles. The van der Waals surface area contributed by atoms with Crippen LogP contribution in [0.2, 0.25) is 0 Å². The van der Waals surface area contributed by atoms with Crippen molar-refractivity contribution in [3.63, 3.8) is 0 Å². The molecule has 0 fully saturated rings. The molecule has 0 atom stereocenters. The van der Waals surface area contributed by atoms with Crippen LogP contribution in [0.15, 0.2) is 96.1 Å². The summed E-state index contributed by atoms with van der Waals surface area (Å²) in [5.74, 6) is 0.144. The lowest BCUT2D eigenvalue weighted by Gasteiger charge is -2.07. The number of aromatic hydroxyl groups is 1. The predicted octanol–water partition coefficient (Wildman–Crippen LogP) is 4.89. The molecule has 148 valence electrons. The number of hydrogen-bond donors (Lipinski definition) is 2. The third kappa shape index (κ3) is 4.64. The van der Waals surface area contributed by atoms with Crippen molar-refractivity contribution in [3.8, 4) is 11.5 Å². The first-order chi connectivity index (χ1) is 14.7. The van der Waals surface area contributed by atoms with E-state index < -0.39 is 5.91 Å². The fourth-order valence-corrected chi connectivity index (χ4v) is 3.06. The van der Waals surface area contributed by atoms with E-state index in [0.29, 0.717) is 12.4 Å². The number of hydrogen-bond acceptors (Lipinski definition) is 4. The minimum Gasteiger partial charge on any atom is -0.507 e.